The summed E-state index contributed by atoms with van der Waals surface area (Å²) in [6.45, 7) is 1.47. The number of carbonyl (C=O) groups excluding carboxylic acids is 4. The molecule has 0 radical (unpaired) electrons. The number of benzene rings is 2. The van der Waals surface area contributed by atoms with Crippen molar-refractivity contribution in [3.8, 4) is 0 Å². The number of nitrogens with zero attached hydrogens (tertiary/aromatic N) is 3. The summed E-state index contributed by atoms with van der Waals surface area (Å²) in [7, 11) is 0. The summed E-state index contributed by atoms with van der Waals surface area (Å²) in [5.74, 6) is -1.92. The summed E-state index contributed by atoms with van der Waals surface area (Å²) in [6, 6.07) is 13.8. The first kappa shape index (κ1) is 18.9. The monoisotopic (exact) mass is 408 g/mol. The number of aryl methyl sites for hydroxylation is 1. The molecule has 2 aromatic carbocycles. The average molecular weight is 408 g/mol. The molecule has 1 N–H and O–H groups in total. The molecule has 2 aliphatic heterocycles. The van der Waals surface area contributed by atoms with Gasteiger partial charge in [-0.3, -0.25) is 29.5 Å². The molecular formula is C20H16N4O4S. The number of thioether (sulfide) groups is 1. The van der Waals surface area contributed by atoms with Crippen LogP contribution in [0.4, 0.5) is 5.69 Å². The predicted molar refractivity (Wildman–Crippen MR) is 108 cm³/mol. The molecular weight excluding hydrogens is 392 g/mol. The third-order valence-electron chi connectivity index (χ3n) is 4.44. The lowest BCUT2D eigenvalue weighted by molar-refractivity contribution is -0.134. The number of carbonyl (C=O) groups is 4. The van der Waals surface area contributed by atoms with Gasteiger partial charge in [0.2, 0.25) is 0 Å². The highest BCUT2D eigenvalue weighted by Gasteiger charge is 2.37. The van der Waals surface area contributed by atoms with Crippen molar-refractivity contribution in [1.29, 1.82) is 0 Å². The number of amidine groups is 1. The molecule has 0 saturated carbocycles. The van der Waals surface area contributed by atoms with E-state index in [-0.39, 0.29) is 22.8 Å². The maximum Gasteiger partial charge on any atom is 0.262 e. The van der Waals surface area contributed by atoms with Crippen LogP contribution in [0.25, 0.3) is 0 Å². The zero-order chi connectivity index (χ0) is 20.5. The van der Waals surface area contributed by atoms with Gasteiger partial charge in [-0.1, -0.05) is 41.6 Å². The lowest BCUT2D eigenvalue weighted by atomic mass is 10.1. The third-order valence-corrected chi connectivity index (χ3v) is 5.36. The van der Waals surface area contributed by atoms with Crippen LogP contribution < -0.4 is 5.43 Å². The largest absolute Gasteiger partial charge is 0.272 e. The highest BCUT2D eigenvalue weighted by Crippen LogP contribution is 2.24. The van der Waals surface area contributed by atoms with Crippen molar-refractivity contribution >= 4 is 46.2 Å². The molecule has 1 saturated heterocycles. The first-order valence-corrected chi connectivity index (χ1v) is 9.78. The van der Waals surface area contributed by atoms with Gasteiger partial charge in [0.05, 0.1) is 22.6 Å². The van der Waals surface area contributed by atoms with Crippen LogP contribution in [0.3, 0.4) is 0 Å². The standard InChI is InChI=1S/C20H16N4O4S/c1-12-6-8-13(9-7-12)21-20-24(17(26)11-29-20)22-16(25)10-23-18(27)14-4-2-3-5-15(14)19(23)28/h2-9H,10-11H2,1H3,(H,22,25). The van der Waals surface area contributed by atoms with Gasteiger partial charge in [0.25, 0.3) is 23.6 Å². The molecule has 0 unspecified atom stereocenters. The Kier molecular flexibility index (Phi) is 4.89. The van der Waals surface area contributed by atoms with Crippen LogP contribution in [0.1, 0.15) is 26.3 Å². The fourth-order valence-electron chi connectivity index (χ4n) is 2.97. The van der Waals surface area contributed by atoms with Crippen LogP contribution in [-0.4, -0.2) is 51.0 Å². The third kappa shape index (κ3) is 3.64. The van der Waals surface area contributed by atoms with Gasteiger partial charge in [0.1, 0.15) is 6.54 Å². The highest BCUT2D eigenvalue weighted by molar-refractivity contribution is 8.15. The Morgan fingerprint density at radius 2 is 1.66 bits per heavy atom. The van der Waals surface area contributed by atoms with Crippen LogP contribution in [0.5, 0.6) is 0 Å². The lowest BCUT2D eigenvalue weighted by Gasteiger charge is -2.19. The number of rotatable bonds is 4. The van der Waals surface area contributed by atoms with Crippen molar-refractivity contribution in [2.24, 2.45) is 4.99 Å². The second-order valence-corrected chi connectivity index (χ2v) is 7.47. The number of hydrogen-bond acceptors (Lipinski definition) is 6. The minimum absolute atomic E-state index is 0.137. The molecule has 2 heterocycles. The van der Waals surface area contributed by atoms with Crippen molar-refractivity contribution in [2.45, 2.75) is 6.92 Å². The van der Waals surface area contributed by atoms with E-state index in [9.17, 15) is 19.2 Å². The van der Waals surface area contributed by atoms with E-state index in [0.717, 1.165) is 15.5 Å². The van der Waals surface area contributed by atoms with E-state index < -0.39 is 24.3 Å². The molecule has 2 aliphatic rings. The smallest absolute Gasteiger partial charge is 0.262 e. The number of fused-ring (bicyclic) bond motifs is 1. The molecule has 146 valence electrons. The van der Waals surface area contributed by atoms with Crippen LogP contribution in [0, 0.1) is 6.92 Å². The number of imide groups is 1. The van der Waals surface area contributed by atoms with Gasteiger partial charge >= 0.3 is 0 Å². The predicted octanol–water partition coefficient (Wildman–Crippen LogP) is 1.89. The van der Waals surface area contributed by atoms with Crippen molar-refractivity contribution < 1.29 is 19.2 Å². The lowest BCUT2D eigenvalue weighted by Crippen LogP contribution is -2.50. The van der Waals surface area contributed by atoms with E-state index in [0.29, 0.717) is 10.9 Å². The Labute approximate surface area is 170 Å². The zero-order valence-electron chi connectivity index (χ0n) is 15.4. The first-order valence-electron chi connectivity index (χ1n) is 8.80. The number of nitrogens with one attached hydrogen (secondary N) is 1. The van der Waals surface area contributed by atoms with Gasteiger partial charge in [-0.2, -0.15) is 5.01 Å². The summed E-state index contributed by atoms with van der Waals surface area (Å²) < 4.78 is 0. The fraction of sp³-hybridized carbons (Fsp3) is 0.150. The van der Waals surface area contributed by atoms with Crippen molar-refractivity contribution in [2.75, 3.05) is 12.3 Å². The molecule has 0 spiro atoms. The van der Waals surface area contributed by atoms with Crippen molar-refractivity contribution in [3.05, 3.63) is 65.2 Å². The maximum absolute atomic E-state index is 12.5. The second-order valence-electron chi connectivity index (χ2n) is 6.52. The van der Waals surface area contributed by atoms with Gasteiger partial charge < -0.3 is 0 Å². The molecule has 29 heavy (non-hydrogen) atoms. The summed E-state index contributed by atoms with van der Waals surface area (Å²) >= 11 is 1.20. The minimum Gasteiger partial charge on any atom is -0.272 e. The molecule has 9 heteroatoms. The number of hydrazine groups is 1. The molecule has 2 aromatic rings. The summed E-state index contributed by atoms with van der Waals surface area (Å²) in [5, 5.41) is 1.39. The Morgan fingerprint density at radius 1 is 1.03 bits per heavy atom. The van der Waals surface area contributed by atoms with Crippen LogP contribution in [-0.2, 0) is 9.59 Å². The molecule has 4 amide bonds. The molecule has 1 fully saturated rings. The highest BCUT2D eigenvalue weighted by atomic mass is 32.2. The quantitative estimate of drug-likeness (QED) is 0.779. The fourth-order valence-corrected chi connectivity index (χ4v) is 3.80. The average Bonchev–Trinajstić information content (AvgIpc) is 3.17. The van der Waals surface area contributed by atoms with Crippen LogP contribution in [0.2, 0.25) is 0 Å². The van der Waals surface area contributed by atoms with Crippen LogP contribution in [0.15, 0.2) is 53.5 Å². The van der Waals surface area contributed by atoms with E-state index in [2.05, 4.69) is 10.4 Å². The molecule has 0 aliphatic carbocycles. The summed E-state index contributed by atoms with van der Waals surface area (Å²) in [5.41, 5.74) is 4.70. The Hall–Kier alpha value is -3.46. The molecule has 0 atom stereocenters. The number of aliphatic imine (C=N–C) groups is 1. The Balaban J connectivity index is 1.47. The Morgan fingerprint density at radius 3 is 2.28 bits per heavy atom. The van der Waals surface area contributed by atoms with Gasteiger partial charge in [-0.15, -0.1) is 0 Å². The van der Waals surface area contributed by atoms with E-state index in [1.807, 2.05) is 31.2 Å². The molecule has 0 bridgehead atoms. The van der Waals surface area contributed by atoms with Crippen LogP contribution >= 0.6 is 11.8 Å². The summed E-state index contributed by atoms with van der Waals surface area (Å²) in [6.07, 6.45) is 0. The Bertz CT molecular complexity index is 1030. The van der Waals surface area contributed by atoms with E-state index in [1.165, 1.54) is 11.8 Å². The topological polar surface area (TPSA) is 99.2 Å². The van der Waals surface area contributed by atoms with E-state index >= 15 is 0 Å². The van der Waals surface area contributed by atoms with Crippen molar-refractivity contribution in [1.82, 2.24) is 15.3 Å². The molecule has 0 aromatic heterocycles. The number of hydrogen-bond donors (Lipinski definition) is 1. The second kappa shape index (κ2) is 7.51. The number of amides is 4. The van der Waals surface area contributed by atoms with Gasteiger partial charge in [-0.05, 0) is 31.2 Å². The molecule has 8 nitrogen and oxygen atoms in total. The summed E-state index contributed by atoms with van der Waals surface area (Å²) in [4.78, 5) is 54.7. The first-order chi connectivity index (χ1) is 13.9. The zero-order valence-corrected chi connectivity index (χ0v) is 16.2. The van der Waals surface area contributed by atoms with Gasteiger partial charge in [0.15, 0.2) is 5.17 Å². The maximum atomic E-state index is 12.5. The van der Waals surface area contributed by atoms with E-state index in [4.69, 9.17) is 0 Å². The molecule has 4 rings (SSSR count). The van der Waals surface area contributed by atoms with E-state index in [1.54, 1.807) is 24.3 Å². The van der Waals surface area contributed by atoms with Gasteiger partial charge in [-0.25, -0.2) is 4.99 Å². The van der Waals surface area contributed by atoms with Crippen molar-refractivity contribution in [3.63, 3.8) is 0 Å². The SMILES string of the molecule is Cc1ccc(N=C2SCC(=O)N2NC(=O)CN2C(=O)c3ccccc3C2=O)cc1. The minimum atomic E-state index is -0.660. The normalized spacial score (nSPS) is 17.3. The van der Waals surface area contributed by atoms with Gasteiger partial charge in [0, 0.05) is 0 Å².